The highest BCUT2D eigenvalue weighted by molar-refractivity contribution is 6.32. The highest BCUT2D eigenvalue weighted by atomic mass is 35.5. The van der Waals surface area contributed by atoms with Crippen molar-refractivity contribution < 1.29 is 40.3 Å². The molecule has 0 spiro atoms. The lowest BCUT2D eigenvalue weighted by atomic mass is 10.0. The normalized spacial score (nSPS) is 14.0. The first-order chi connectivity index (χ1) is 21.0. The van der Waals surface area contributed by atoms with Crippen LogP contribution in [0.1, 0.15) is 56.2 Å². The van der Waals surface area contributed by atoms with Crippen LogP contribution >= 0.6 is 11.6 Å². The second-order valence-electron chi connectivity index (χ2n) is 10.4. The highest BCUT2D eigenvalue weighted by Gasteiger charge is 2.74. The van der Waals surface area contributed by atoms with Gasteiger partial charge in [-0.05, 0) is 62.1 Å². The van der Waals surface area contributed by atoms with Gasteiger partial charge in [-0.1, -0.05) is 17.7 Å². The van der Waals surface area contributed by atoms with Crippen LogP contribution in [0, 0.1) is 13.8 Å². The van der Waals surface area contributed by atoms with Gasteiger partial charge in [0.1, 0.15) is 12.2 Å². The van der Waals surface area contributed by atoms with Crippen molar-refractivity contribution in [3.05, 3.63) is 81.5 Å². The number of anilines is 1. The molecule has 2 N–H and O–H groups in total. The first-order valence-corrected chi connectivity index (χ1v) is 13.5. The summed E-state index contributed by atoms with van der Waals surface area (Å²) in [5, 5.41) is 16.3. The first-order valence-electron chi connectivity index (χ1n) is 13.2. The van der Waals surface area contributed by atoms with Crippen LogP contribution in [0.25, 0.3) is 5.82 Å². The second-order valence-corrected chi connectivity index (χ2v) is 10.8. The van der Waals surface area contributed by atoms with Crippen LogP contribution in [0.5, 0.6) is 0 Å². The molecule has 4 aromatic rings. The van der Waals surface area contributed by atoms with E-state index in [1.54, 1.807) is 26.0 Å². The Morgan fingerprint density at radius 3 is 2.38 bits per heavy atom. The van der Waals surface area contributed by atoms with Gasteiger partial charge < -0.3 is 10.6 Å². The summed E-state index contributed by atoms with van der Waals surface area (Å²) >= 11 is 6.28. The molecule has 45 heavy (non-hydrogen) atoms. The molecule has 2 amide bonds. The zero-order valence-electron chi connectivity index (χ0n) is 23.3. The summed E-state index contributed by atoms with van der Waals surface area (Å²) < 4.78 is 94.2. The quantitative estimate of drug-likeness (QED) is 0.226. The number of halogens is 8. The van der Waals surface area contributed by atoms with Gasteiger partial charge in [-0.3, -0.25) is 9.59 Å². The lowest BCUT2D eigenvalue weighted by Gasteiger charge is -2.26. The van der Waals surface area contributed by atoms with Crippen LogP contribution in [0.4, 0.5) is 36.4 Å². The third-order valence-electron chi connectivity index (χ3n) is 6.72. The molecule has 10 nitrogen and oxygen atoms in total. The van der Waals surface area contributed by atoms with E-state index in [0.29, 0.717) is 10.4 Å². The third-order valence-corrected chi connectivity index (χ3v) is 7.01. The molecule has 18 heteroatoms. The third kappa shape index (κ3) is 6.21. The van der Waals surface area contributed by atoms with E-state index in [1.807, 2.05) is 0 Å². The van der Waals surface area contributed by atoms with Gasteiger partial charge in [0.2, 0.25) is 0 Å². The van der Waals surface area contributed by atoms with Gasteiger partial charge in [-0.25, -0.2) is 9.67 Å². The number of amides is 2. The van der Waals surface area contributed by atoms with E-state index in [0.717, 1.165) is 23.1 Å². The smallest absolute Gasteiger partial charge is 0.349 e. The zero-order chi connectivity index (χ0) is 32.9. The predicted molar refractivity (Wildman–Crippen MR) is 145 cm³/mol. The zero-order valence-corrected chi connectivity index (χ0v) is 24.0. The summed E-state index contributed by atoms with van der Waals surface area (Å²) in [5.41, 5.74) is -0.499. The fourth-order valence-corrected chi connectivity index (χ4v) is 4.55. The standard InChI is InChI=1S/C27H22ClF7N8O2/c1-13-8-14(2)21(17(9-13)23(44)38-15-5-6-15)39-24(45)19-10-16(40-43(19)22-18(28)4-3-7-36-22)12-42-37-11-20(41-42)25(29,30)26(31,32)27(33,34)35/h3-4,7-11,15H,5-6,12H2,1-2H3,(H,38,44)(H,39,45). The van der Waals surface area contributed by atoms with Crippen LogP contribution in [-0.2, 0) is 12.5 Å². The molecule has 0 radical (unpaired) electrons. The van der Waals surface area contributed by atoms with Gasteiger partial charge in [0.05, 0.1) is 28.2 Å². The van der Waals surface area contributed by atoms with Crippen molar-refractivity contribution in [1.29, 1.82) is 0 Å². The Kier molecular flexibility index (Phi) is 8.10. The number of carbonyl (C=O) groups is 2. The Balaban J connectivity index is 1.49. The average Bonchev–Trinajstić information content (AvgIpc) is 3.46. The maximum atomic E-state index is 14.1. The number of aryl methyl sites for hydroxylation is 2. The van der Waals surface area contributed by atoms with Crippen molar-refractivity contribution in [3.8, 4) is 5.82 Å². The lowest BCUT2D eigenvalue weighted by molar-refractivity contribution is -0.360. The number of carbonyl (C=O) groups excluding carboxylic acids is 2. The molecule has 0 unspecified atom stereocenters. The first kappa shape index (κ1) is 31.9. The average molecular weight is 659 g/mol. The Morgan fingerprint density at radius 2 is 1.73 bits per heavy atom. The van der Waals surface area contributed by atoms with Crippen molar-refractivity contribution in [2.24, 2.45) is 0 Å². The molecule has 0 bridgehead atoms. The number of pyridine rings is 1. The van der Waals surface area contributed by atoms with Crippen LogP contribution in [0.15, 0.2) is 42.7 Å². The molecular formula is C27H22ClF7N8O2. The van der Waals surface area contributed by atoms with Crippen LogP contribution in [0.3, 0.4) is 0 Å². The predicted octanol–water partition coefficient (Wildman–Crippen LogP) is 5.61. The maximum Gasteiger partial charge on any atom is 0.460 e. The number of hydrogen-bond donors (Lipinski definition) is 2. The summed E-state index contributed by atoms with van der Waals surface area (Å²) in [6.07, 6.45) is -3.47. The van der Waals surface area contributed by atoms with Gasteiger partial charge in [0.15, 0.2) is 11.5 Å². The van der Waals surface area contributed by atoms with Crippen molar-refractivity contribution in [3.63, 3.8) is 0 Å². The van der Waals surface area contributed by atoms with Gasteiger partial charge in [-0.2, -0.15) is 50.8 Å². The van der Waals surface area contributed by atoms with E-state index in [2.05, 4.69) is 30.9 Å². The summed E-state index contributed by atoms with van der Waals surface area (Å²) in [6.45, 7) is 2.84. The van der Waals surface area contributed by atoms with Gasteiger partial charge in [-0.15, -0.1) is 0 Å². The largest absolute Gasteiger partial charge is 0.460 e. The van der Waals surface area contributed by atoms with Crippen molar-refractivity contribution >= 4 is 29.1 Å². The van der Waals surface area contributed by atoms with Crippen LogP contribution in [0.2, 0.25) is 5.02 Å². The molecule has 1 aliphatic carbocycles. The summed E-state index contributed by atoms with van der Waals surface area (Å²) in [5.74, 6) is -13.4. The van der Waals surface area contributed by atoms with E-state index in [4.69, 9.17) is 11.6 Å². The summed E-state index contributed by atoms with van der Waals surface area (Å²) in [7, 11) is 0. The number of rotatable bonds is 9. The summed E-state index contributed by atoms with van der Waals surface area (Å²) in [6, 6.07) is 7.51. The molecule has 3 aromatic heterocycles. The molecule has 5 rings (SSSR count). The number of hydrogen-bond acceptors (Lipinski definition) is 6. The number of benzene rings is 1. The van der Waals surface area contributed by atoms with E-state index in [1.165, 1.54) is 24.4 Å². The molecule has 0 atom stereocenters. The maximum absolute atomic E-state index is 14.1. The van der Waals surface area contributed by atoms with Gasteiger partial charge >= 0.3 is 18.0 Å². The van der Waals surface area contributed by atoms with E-state index >= 15 is 0 Å². The van der Waals surface area contributed by atoms with Crippen molar-refractivity contribution in [2.45, 2.75) is 57.3 Å². The lowest BCUT2D eigenvalue weighted by Crippen LogP contribution is -2.50. The second kappa shape index (κ2) is 11.4. The Hall–Kier alpha value is -4.54. The van der Waals surface area contributed by atoms with Crippen LogP contribution < -0.4 is 10.6 Å². The SMILES string of the molecule is Cc1cc(C)c(NC(=O)c2cc(Cn3ncc(C(F)(F)C(F)(F)C(F)(F)F)n3)nn2-c2ncccc2Cl)c(C(=O)NC2CC2)c1. The minimum atomic E-state index is -6.56. The molecule has 0 aliphatic heterocycles. The molecular weight excluding hydrogens is 637 g/mol. The molecule has 238 valence electrons. The topological polar surface area (TPSA) is 120 Å². The van der Waals surface area contributed by atoms with Crippen molar-refractivity contribution in [1.82, 2.24) is 35.1 Å². The summed E-state index contributed by atoms with van der Waals surface area (Å²) in [4.78, 5) is 31.2. The molecule has 1 fully saturated rings. The molecule has 0 saturated heterocycles. The molecule has 1 aromatic carbocycles. The minimum absolute atomic E-state index is 0.0339. The fraction of sp³-hybridized carbons (Fsp3) is 0.333. The van der Waals surface area contributed by atoms with Crippen molar-refractivity contribution in [2.75, 3.05) is 5.32 Å². The molecule has 1 aliphatic rings. The Labute approximate surface area is 254 Å². The Bertz CT molecular complexity index is 1780. The van der Waals surface area contributed by atoms with E-state index in [9.17, 15) is 40.3 Å². The van der Waals surface area contributed by atoms with Gasteiger partial charge in [0.25, 0.3) is 11.8 Å². The van der Waals surface area contributed by atoms with Gasteiger partial charge in [0, 0.05) is 12.2 Å². The van der Waals surface area contributed by atoms with E-state index < -0.39 is 42.1 Å². The minimum Gasteiger partial charge on any atom is -0.349 e. The number of nitrogens with one attached hydrogen (secondary N) is 2. The van der Waals surface area contributed by atoms with Crippen LogP contribution in [-0.4, -0.2) is 59.7 Å². The fourth-order valence-electron chi connectivity index (χ4n) is 4.35. The number of alkyl halides is 7. The van der Waals surface area contributed by atoms with E-state index in [-0.39, 0.29) is 45.7 Å². The number of aromatic nitrogens is 6. The molecule has 1 saturated carbocycles. The Morgan fingerprint density at radius 1 is 1.02 bits per heavy atom. The monoisotopic (exact) mass is 658 g/mol. The molecule has 3 heterocycles. The highest BCUT2D eigenvalue weighted by Crippen LogP contribution is 2.51. The number of nitrogens with zero attached hydrogens (tertiary/aromatic N) is 6.